The normalized spacial score (nSPS) is 14.9. The molecule has 3 rings (SSSR count). The summed E-state index contributed by atoms with van der Waals surface area (Å²) in [6.07, 6.45) is 3.67. The summed E-state index contributed by atoms with van der Waals surface area (Å²) in [6.45, 7) is 0.514. The highest BCUT2D eigenvalue weighted by atomic mass is 19.1. The number of hydrogen-bond donors (Lipinski definition) is 2. The second-order valence-electron chi connectivity index (χ2n) is 4.44. The average Bonchev–Trinajstić information content (AvgIpc) is 3.04. The standard InChI is InChI=1S/C12H12FN3O2/c13-9-3-8(4-10-11(9)15-6-14-10)12(17)16-18-5-7-1-2-7/h3-4,6-7H,1-2,5H2,(H,14,15)(H,16,17). The highest BCUT2D eigenvalue weighted by molar-refractivity contribution is 5.96. The zero-order valence-electron chi connectivity index (χ0n) is 9.57. The Hall–Kier alpha value is -1.95. The Morgan fingerprint density at radius 1 is 1.56 bits per heavy atom. The SMILES string of the molecule is O=C(NOCC1CC1)c1cc(F)c2nc[nH]c2c1. The smallest absolute Gasteiger partial charge is 0.275 e. The Morgan fingerprint density at radius 3 is 3.17 bits per heavy atom. The van der Waals surface area contributed by atoms with E-state index < -0.39 is 11.7 Å². The van der Waals surface area contributed by atoms with E-state index in [0.29, 0.717) is 18.0 Å². The van der Waals surface area contributed by atoms with Crippen LogP contribution in [0, 0.1) is 11.7 Å². The number of nitrogens with zero attached hydrogens (tertiary/aromatic N) is 1. The van der Waals surface area contributed by atoms with Gasteiger partial charge in [-0.05, 0) is 30.9 Å². The minimum atomic E-state index is -0.527. The minimum absolute atomic E-state index is 0.208. The van der Waals surface area contributed by atoms with Crippen molar-refractivity contribution in [3.8, 4) is 0 Å². The molecule has 1 aliphatic carbocycles. The molecule has 1 aromatic carbocycles. The van der Waals surface area contributed by atoms with E-state index in [9.17, 15) is 9.18 Å². The predicted octanol–water partition coefficient (Wildman–Crippen LogP) is 1.77. The molecular formula is C12H12FN3O2. The van der Waals surface area contributed by atoms with Gasteiger partial charge < -0.3 is 4.98 Å². The largest absolute Gasteiger partial charge is 0.344 e. The van der Waals surface area contributed by atoms with Crippen LogP contribution in [0.15, 0.2) is 18.5 Å². The van der Waals surface area contributed by atoms with Crippen LogP contribution in [0.5, 0.6) is 0 Å². The molecule has 5 nitrogen and oxygen atoms in total. The number of halogens is 1. The summed E-state index contributed by atoms with van der Waals surface area (Å²) in [5.74, 6) is -0.427. The van der Waals surface area contributed by atoms with Crippen LogP contribution >= 0.6 is 0 Å². The Balaban J connectivity index is 1.73. The molecule has 0 aliphatic heterocycles. The van der Waals surface area contributed by atoms with Gasteiger partial charge in [0, 0.05) is 5.56 Å². The second kappa shape index (κ2) is 4.38. The number of amides is 1. The summed E-state index contributed by atoms with van der Waals surface area (Å²) in [4.78, 5) is 23.4. The topological polar surface area (TPSA) is 67.0 Å². The number of nitrogens with one attached hydrogen (secondary N) is 2. The maximum absolute atomic E-state index is 13.6. The third kappa shape index (κ3) is 2.19. The first-order valence-electron chi connectivity index (χ1n) is 5.79. The van der Waals surface area contributed by atoms with Crippen LogP contribution in [0.3, 0.4) is 0 Å². The minimum Gasteiger partial charge on any atom is -0.344 e. The van der Waals surface area contributed by atoms with Gasteiger partial charge >= 0.3 is 0 Å². The molecule has 1 saturated carbocycles. The van der Waals surface area contributed by atoms with Crippen LogP contribution in [0.25, 0.3) is 11.0 Å². The van der Waals surface area contributed by atoms with Gasteiger partial charge in [0.25, 0.3) is 5.91 Å². The van der Waals surface area contributed by atoms with E-state index in [-0.39, 0.29) is 11.1 Å². The van der Waals surface area contributed by atoms with E-state index in [1.54, 1.807) is 6.07 Å². The van der Waals surface area contributed by atoms with Crippen molar-refractivity contribution >= 4 is 16.9 Å². The Morgan fingerprint density at radius 2 is 2.39 bits per heavy atom. The lowest BCUT2D eigenvalue weighted by atomic mass is 10.2. The summed E-state index contributed by atoms with van der Waals surface area (Å²) in [5, 5.41) is 0. The van der Waals surface area contributed by atoms with Gasteiger partial charge in [-0.1, -0.05) is 0 Å². The number of carbonyl (C=O) groups is 1. The zero-order valence-corrected chi connectivity index (χ0v) is 9.57. The number of rotatable bonds is 4. The van der Waals surface area contributed by atoms with Crippen LogP contribution in [-0.4, -0.2) is 22.5 Å². The lowest BCUT2D eigenvalue weighted by Gasteiger charge is -2.05. The third-order valence-electron chi connectivity index (χ3n) is 2.92. The lowest BCUT2D eigenvalue weighted by Crippen LogP contribution is -2.24. The van der Waals surface area contributed by atoms with Crippen molar-refractivity contribution in [1.29, 1.82) is 0 Å². The van der Waals surface area contributed by atoms with Gasteiger partial charge in [0.15, 0.2) is 5.82 Å². The number of hydrogen-bond acceptors (Lipinski definition) is 3. The molecule has 1 fully saturated rings. The molecule has 0 unspecified atom stereocenters. The van der Waals surface area contributed by atoms with Crippen molar-refractivity contribution < 1.29 is 14.0 Å². The molecule has 0 bridgehead atoms. The molecule has 6 heteroatoms. The summed E-state index contributed by atoms with van der Waals surface area (Å²) >= 11 is 0. The number of aromatic nitrogens is 2. The summed E-state index contributed by atoms with van der Waals surface area (Å²) in [6, 6.07) is 2.69. The first-order valence-corrected chi connectivity index (χ1v) is 5.79. The molecule has 0 saturated heterocycles. The van der Waals surface area contributed by atoms with E-state index in [4.69, 9.17) is 4.84 Å². The van der Waals surface area contributed by atoms with Crippen molar-refractivity contribution in [2.45, 2.75) is 12.8 Å². The molecule has 0 atom stereocenters. The molecule has 1 heterocycles. The molecule has 1 aliphatic rings. The number of benzene rings is 1. The van der Waals surface area contributed by atoms with Crippen LogP contribution in [0.2, 0.25) is 0 Å². The Kier molecular flexibility index (Phi) is 2.71. The van der Waals surface area contributed by atoms with Gasteiger partial charge in [0.1, 0.15) is 5.52 Å². The molecule has 1 aromatic heterocycles. The maximum Gasteiger partial charge on any atom is 0.275 e. The fourth-order valence-electron chi connectivity index (χ4n) is 1.71. The van der Waals surface area contributed by atoms with Crippen molar-refractivity contribution in [3.63, 3.8) is 0 Å². The molecule has 18 heavy (non-hydrogen) atoms. The van der Waals surface area contributed by atoms with Crippen molar-refractivity contribution in [2.24, 2.45) is 5.92 Å². The van der Waals surface area contributed by atoms with Gasteiger partial charge in [-0.3, -0.25) is 9.63 Å². The predicted molar refractivity (Wildman–Crippen MR) is 62.2 cm³/mol. The molecule has 94 valence electrons. The van der Waals surface area contributed by atoms with Crippen LogP contribution in [-0.2, 0) is 4.84 Å². The second-order valence-corrected chi connectivity index (χ2v) is 4.44. The molecular weight excluding hydrogens is 237 g/mol. The molecule has 1 amide bonds. The van der Waals surface area contributed by atoms with Crippen molar-refractivity contribution in [3.05, 3.63) is 29.8 Å². The Labute approximate surface area is 102 Å². The molecule has 0 radical (unpaired) electrons. The number of H-pyrrole nitrogens is 1. The molecule has 0 spiro atoms. The van der Waals surface area contributed by atoms with E-state index in [2.05, 4.69) is 15.4 Å². The van der Waals surface area contributed by atoms with Crippen LogP contribution < -0.4 is 5.48 Å². The fourth-order valence-corrected chi connectivity index (χ4v) is 1.71. The van der Waals surface area contributed by atoms with Gasteiger partial charge in [-0.15, -0.1) is 0 Å². The van der Waals surface area contributed by atoms with Gasteiger partial charge in [-0.2, -0.15) is 0 Å². The highest BCUT2D eigenvalue weighted by Crippen LogP contribution is 2.28. The lowest BCUT2D eigenvalue weighted by molar-refractivity contribution is 0.0270. The van der Waals surface area contributed by atoms with Gasteiger partial charge in [-0.25, -0.2) is 14.9 Å². The first kappa shape index (κ1) is 11.2. The zero-order chi connectivity index (χ0) is 12.5. The van der Waals surface area contributed by atoms with Crippen molar-refractivity contribution in [1.82, 2.24) is 15.4 Å². The molecule has 2 aromatic rings. The third-order valence-corrected chi connectivity index (χ3v) is 2.92. The number of fused-ring (bicyclic) bond motifs is 1. The number of imidazole rings is 1. The van der Waals surface area contributed by atoms with Crippen molar-refractivity contribution in [2.75, 3.05) is 6.61 Å². The Bertz CT molecular complexity index is 592. The van der Waals surface area contributed by atoms with Gasteiger partial charge in [0.2, 0.25) is 0 Å². The fraction of sp³-hybridized carbons (Fsp3) is 0.333. The van der Waals surface area contributed by atoms with E-state index >= 15 is 0 Å². The van der Waals surface area contributed by atoms with E-state index in [0.717, 1.165) is 18.9 Å². The van der Waals surface area contributed by atoms with E-state index in [1.807, 2.05) is 0 Å². The summed E-state index contributed by atoms with van der Waals surface area (Å²) in [5.41, 5.74) is 3.24. The average molecular weight is 249 g/mol. The highest BCUT2D eigenvalue weighted by Gasteiger charge is 2.22. The van der Waals surface area contributed by atoms with E-state index in [1.165, 1.54) is 6.33 Å². The number of hydroxylamine groups is 1. The first-order chi connectivity index (χ1) is 8.74. The summed E-state index contributed by atoms with van der Waals surface area (Å²) < 4.78 is 13.6. The summed E-state index contributed by atoms with van der Waals surface area (Å²) in [7, 11) is 0. The van der Waals surface area contributed by atoms with Gasteiger partial charge in [0.05, 0.1) is 18.5 Å². The van der Waals surface area contributed by atoms with Crippen LogP contribution in [0.1, 0.15) is 23.2 Å². The quantitative estimate of drug-likeness (QED) is 0.811. The monoisotopic (exact) mass is 249 g/mol. The number of carbonyl (C=O) groups excluding carboxylic acids is 1. The number of aromatic amines is 1. The van der Waals surface area contributed by atoms with Crippen LogP contribution in [0.4, 0.5) is 4.39 Å². The molecule has 2 N–H and O–H groups in total. The maximum atomic E-state index is 13.6.